The minimum atomic E-state index is -2.64. The topological polar surface area (TPSA) is 40.9 Å². The van der Waals surface area contributed by atoms with E-state index in [0.717, 1.165) is 49.6 Å². The van der Waals surface area contributed by atoms with Crippen LogP contribution in [0.1, 0.15) is 5.56 Å². The van der Waals surface area contributed by atoms with E-state index in [1.165, 1.54) is 16.3 Å². The molecule has 2 nitrogen and oxygen atoms in total. The van der Waals surface area contributed by atoms with Gasteiger partial charge in [0, 0.05) is 10.6 Å². The van der Waals surface area contributed by atoms with E-state index in [-0.39, 0.29) is 0 Å². The highest BCUT2D eigenvalue weighted by atomic mass is 31.2. The van der Waals surface area contributed by atoms with Crippen molar-refractivity contribution in [2.75, 3.05) is 6.66 Å². The summed E-state index contributed by atoms with van der Waals surface area (Å²) in [6.45, 7) is 1.89. The highest BCUT2D eigenvalue weighted by Crippen LogP contribution is 2.50. The van der Waals surface area contributed by atoms with E-state index >= 15 is 0 Å². The zero-order valence-corrected chi connectivity index (χ0v) is 22.3. The van der Waals surface area contributed by atoms with Crippen LogP contribution >= 0.6 is 7.14 Å². The quantitative estimate of drug-likeness (QED) is 0.221. The van der Waals surface area contributed by atoms with Gasteiger partial charge in [-0.25, -0.2) is 0 Å². The van der Waals surface area contributed by atoms with Crippen molar-refractivity contribution < 1.29 is 4.57 Å². The summed E-state index contributed by atoms with van der Waals surface area (Å²) in [6, 6.07) is 45.9. The second-order valence-electron chi connectivity index (χ2n) is 10.1. The van der Waals surface area contributed by atoms with Crippen molar-refractivity contribution in [2.24, 2.45) is 0 Å². The lowest BCUT2D eigenvalue weighted by atomic mass is 9.91. The highest BCUT2D eigenvalue weighted by Gasteiger charge is 2.34. The van der Waals surface area contributed by atoms with Crippen molar-refractivity contribution in [3.8, 4) is 50.6 Å². The molecule has 6 aromatic rings. The molecule has 1 aliphatic heterocycles. The van der Waals surface area contributed by atoms with Crippen molar-refractivity contribution in [3.05, 3.63) is 133 Å². The number of nitrogens with zero attached hydrogens (tertiary/aromatic N) is 1. The van der Waals surface area contributed by atoms with Gasteiger partial charge in [0.1, 0.15) is 7.14 Å². The molecule has 7 rings (SSSR count). The van der Waals surface area contributed by atoms with Gasteiger partial charge in [-0.2, -0.15) is 5.26 Å². The molecule has 0 spiro atoms. The lowest BCUT2D eigenvalue weighted by Gasteiger charge is -2.14. The van der Waals surface area contributed by atoms with E-state index in [9.17, 15) is 4.57 Å². The monoisotopic (exact) mass is 517 g/mol. The Morgan fingerprint density at radius 1 is 0.513 bits per heavy atom. The molecule has 0 saturated carbocycles. The molecule has 39 heavy (non-hydrogen) atoms. The molecule has 0 amide bonds. The maximum atomic E-state index is 13.9. The Bertz CT molecular complexity index is 2000. The van der Waals surface area contributed by atoms with Gasteiger partial charge in [-0.1, -0.05) is 109 Å². The van der Waals surface area contributed by atoms with Gasteiger partial charge in [-0.3, -0.25) is 0 Å². The molecule has 6 aromatic carbocycles. The third kappa shape index (κ3) is 3.75. The zero-order chi connectivity index (χ0) is 26.6. The lowest BCUT2D eigenvalue weighted by molar-refractivity contribution is 0.591. The first kappa shape index (κ1) is 23.4. The number of hydrogen-bond acceptors (Lipinski definition) is 2. The summed E-state index contributed by atoms with van der Waals surface area (Å²) in [5.74, 6) is 0. The maximum Gasteiger partial charge on any atom is 0.141 e. The normalized spacial score (nSPS) is 15.5. The average molecular weight is 518 g/mol. The van der Waals surface area contributed by atoms with Crippen molar-refractivity contribution in [2.45, 2.75) is 0 Å². The summed E-state index contributed by atoms with van der Waals surface area (Å²) >= 11 is 0. The van der Waals surface area contributed by atoms with Gasteiger partial charge in [-0.05, 0) is 80.1 Å². The molecule has 0 aromatic heterocycles. The summed E-state index contributed by atoms with van der Waals surface area (Å²) in [6.07, 6.45) is 0. The van der Waals surface area contributed by atoms with Crippen molar-refractivity contribution >= 4 is 28.5 Å². The Kier molecular flexibility index (Phi) is 5.38. The average Bonchev–Trinajstić information content (AvgIpc) is 3.23. The predicted molar refractivity (Wildman–Crippen MR) is 163 cm³/mol. The molecule has 0 fully saturated rings. The molecule has 3 heteroatoms. The molecule has 1 heterocycles. The minimum absolute atomic E-state index is 0.664. The van der Waals surface area contributed by atoms with Crippen molar-refractivity contribution in [1.82, 2.24) is 0 Å². The molecule has 1 aliphatic rings. The first-order valence-corrected chi connectivity index (χ1v) is 15.2. The number of benzene rings is 6. The standard InChI is InChI=1S/C36H24NOP/c1-39(38)35-9-5-4-8-33(35)34-19-18-28(22-36(34)39)30-21-20-29(31-6-2-3-7-32(30)31)27-16-14-26(15-17-27)25-12-10-24(23-37)11-13-25/h2-22H,1H3. The summed E-state index contributed by atoms with van der Waals surface area (Å²) in [5.41, 5.74) is 9.60. The molecule has 0 N–H and O–H groups in total. The Hall–Kier alpha value is -4.70. The van der Waals surface area contributed by atoms with Gasteiger partial charge in [0.15, 0.2) is 0 Å². The van der Waals surface area contributed by atoms with Gasteiger partial charge in [0.05, 0.1) is 11.6 Å². The SMILES string of the molecule is CP1(=O)c2ccccc2-c2ccc(-c3ccc(-c4ccc(-c5ccc(C#N)cc5)cc4)c4ccccc34)cc21. The van der Waals surface area contributed by atoms with Crippen LogP contribution in [0.15, 0.2) is 127 Å². The fourth-order valence-electron chi connectivity index (χ4n) is 5.87. The first-order valence-electron chi connectivity index (χ1n) is 13.0. The largest absolute Gasteiger partial charge is 0.314 e. The van der Waals surface area contributed by atoms with Crippen LogP contribution in [0.2, 0.25) is 0 Å². The predicted octanol–water partition coefficient (Wildman–Crippen LogP) is 8.64. The molecule has 0 saturated heterocycles. The molecule has 0 radical (unpaired) electrons. The van der Waals surface area contributed by atoms with Gasteiger partial charge >= 0.3 is 0 Å². The Labute approximate surface area is 228 Å². The first-order chi connectivity index (χ1) is 19.0. The van der Waals surface area contributed by atoms with Crippen LogP contribution < -0.4 is 10.6 Å². The molecular weight excluding hydrogens is 493 g/mol. The third-order valence-electron chi connectivity index (χ3n) is 7.89. The van der Waals surface area contributed by atoms with E-state index in [1.807, 2.05) is 49.1 Å². The highest BCUT2D eigenvalue weighted by molar-refractivity contribution is 7.79. The van der Waals surface area contributed by atoms with Crippen LogP contribution in [0.3, 0.4) is 0 Å². The third-order valence-corrected chi connectivity index (χ3v) is 10.5. The lowest BCUT2D eigenvalue weighted by Crippen LogP contribution is -2.08. The Morgan fingerprint density at radius 3 is 1.67 bits per heavy atom. The van der Waals surface area contributed by atoms with E-state index in [0.29, 0.717) is 5.56 Å². The van der Waals surface area contributed by atoms with Crippen LogP contribution in [0, 0.1) is 11.3 Å². The van der Waals surface area contributed by atoms with E-state index < -0.39 is 7.14 Å². The fraction of sp³-hybridized carbons (Fsp3) is 0.0278. The fourth-order valence-corrected chi connectivity index (χ4v) is 8.19. The molecule has 1 unspecified atom stereocenters. The Balaban J connectivity index is 1.31. The number of rotatable bonds is 3. The molecule has 184 valence electrons. The number of nitriles is 1. The number of hydrogen-bond donors (Lipinski definition) is 0. The molecule has 0 bridgehead atoms. The molecular formula is C36H24NOP. The van der Waals surface area contributed by atoms with E-state index in [4.69, 9.17) is 5.26 Å². The van der Waals surface area contributed by atoms with Gasteiger partial charge in [0.25, 0.3) is 0 Å². The smallest absolute Gasteiger partial charge is 0.141 e. The minimum Gasteiger partial charge on any atom is -0.314 e. The van der Waals surface area contributed by atoms with Crippen molar-refractivity contribution in [1.29, 1.82) is 5.26 Å². The van der Waals surface area contributed by atoms with Gasteiger partial charge < -0.3 is 4.57 Å². The van der Waals surface area contributed by atoms with E-state index in [1.54, 1.807) is 0 Å². The summed E-state index contributed by atoms with van der Waals surface area (Å²) in [4.78, 5) is 0. The number of fused-ring (bicyclic) bond motifs is 4. The second kappa shape index (κ2) is 8.95. The van der Waals surface area contributed by atoms with Crippen LogP contribution in [-0.4, -0.2) is 6.66 Å². The van der Waals surface area contributed by atoms with Gasteiger partial charge in [0.2, 0.25) is 0 Å². The summed E-state index contributed by atoms with van der Waals surface area (Å²) in [7, 11) is -2.64. The van der Waals surface area contributed by atoms with E-state index in [2.05, 4.69) is 91.0 Å². The summed E-state index contributed by atoms with van der Waals surface area (Å²) in [5, 5.41) is 13.3. The molecule has 1 atom stereocenters. The zero-order valence-electron chi connectivity index (χ0n) is 21.4. The molecule has 0 aliphatic carbocycles. The Morgan fingerprint density at radius 2 is 1.00 bits per heavy atom. The van der Waals surface area contributed by atoms with Crippen molar-refractivity contribution in [3.63, 3.8) is 0 Å². The second-order valence-corrected chi connectivity index (χ2v) is 13.0. The van der Waals surface area contributed by atoms with Crippen LogP contribution in [-0.2, 0) is 4.57 Å². The van der Waals surface area contributed by atoms with Crippen LogP contribution in [0.5, 0.6) is 0 Å². The van der Waals surface area contributed by atoms with Crippen LogP contribution in [0.4, 0.5) is 0 Å². The van der Waals surface area contributed by atoms with Crippen LogP contribution in [0.25, 0.3) is 55.3 Å². The maximum absolute atomic E-state index is 13.9. The van der Waals surface area contributed by atoms with Gasteiger partial charge in [-0.15, -0.1) is 0 Å². The summed E-state index contributed by atoms with van der Waals surface area (Å²) < 4.78 is 13.9.